The molecule has 2 aromatic rings. The number of halogens is 2. The van der Waals surface area contributed by atoms with Gasteiger partial charge < -0.3 is 19.5 Å². The lowest BCUT2D eigenvalue weighted by Gasteiger charge is -2.32. The molecule has 2 heterocycles. The van der Waals surface area contributed by atoms with Crippen molar-refractivity contribution in [3.63, 3.8) is 0 Å². The number of carbonyl (C=O) groups is 1. The lowest BCUT2D eigenvalue weighted by Crippen LogP contribution is -2.49. The highest BCUT2D eigenvalue weighted by molar-refractivity contribution is 6.32. The minimum absolute atomic E-state index is 0.130. The lowest BCUT2D eigenvalue weighted by molar-refractivity contribution is -0.0337. The highest BCUT2D eigenvalue weighted by atomic mass is 35.5. The molecule has 1 fully saturated rings. The Bertz CT molecular complexity index is 808. The number of carbonyl (C=O) groups excluding carboxylic acids is 1. The molecule has 0 bridgehead atoms. The van der Waals surface area contributed by atoms with Crippen LogP contribution in [0.15, 0.2) is 36.4 Å². The van der Waals surface area contributed by atoms with E-state index in [1.807, 2.05) is 0 Å². The van der Waals surface area contributed by atoms with Crippen molar-refractivity contribution >= 4 is 23.4 Å². The number of anilines is 1. The molecule has 1 aromatic carbocycles. The zero-order valence-electron chi connectivity index (χ0n) is 14.4. The second-order valence-corrected chi connectivity index (χ2v) is 6.33. The number of hydrogen-bond donors (Lipinski definition) is 2. The van der Waals surface area contributed by atoms with Crippen LogP contribution >= 0.6 is 11.6 Å². The largest absolute Gasteiger partial charge is 0.489 e. The fourth-order valence-electron chi connectivity index (χ4n) is 2.60. The maximum absolute atomic E-state index is 13.3. The Kier molecular flexibility index (Phi) is 6.44. The van der Waals surface area contributed by atoms with Gasteiger partial charge in [0.2, 0.25) is 0 Å². The van der Waals surface area contributed by atoms with Gasteiger partial charge in [0.15, 0.2) is 0 Å². The van der Waals surface area contributed by atoms with Gasteiger partial charge in [0.25, 0.3) is 0 Å². The molecule has 1 atom stereocenters. The zero-order valence-corrected chi connectivity index (χ0v) is 15.2. The van der Waals surface area contributed by atoms with Gasteiger partial charge in [-0.05, 0) is 24.3 Å². The van der Waals surface area contributed by atoms with Gasteiger partial charge >= 0.3 is 6.03 Å². The first-order valence-electron chi connectivity index (χ1n) is 8.37. The molecule has 1 saturated heterocycles. The Morgan fingerprint density at radius 1 is 1.44 bits per heavy atom. The molecule has 1 aliphatic heterocycles. The van der Waals surface area contributed by atoms with E-state index in [9.17, 15) is 9.18 Å². The van der Waals surface area contributed by atoms with Crippen molar-refractivity contribution in [2.75, 3.05) is 31.6 Å². The summed E-state index contributed by atoms with van der Waals surface area (Å²) in [5.74, 6) is 0.141. The Morgan fingerprint density at radius 2 is 2.30 bits per heavy atom. The highest BCUT2D eigenvalue weighted by Crippen LogP contribution is 2.25. The van der Waals surface area contributed by atoms with Crippen LogP contribution < -0.4 is 10.1 Å². The molecule has 0 saturated carbocycles. The summed E-state index contributed by atoms with van der Waals surface area (Å²) in [5.41, 5.74) is 0.466. The normalized spacial score (nSPS) is 16.9. The van der Waals surface area contributed by atoms with Crippen molar-refractivity contribution in [2.24, 2.45) is 0 Å². The molecule has 1 aromatic heterocycles. The molecule has 27 heavy (non-hydrogen) atoms. The maximum atomic E-state index is 13.3. The number of urea groups is 1. The zero-order chi connectivity index (χ0) is 19.2. The van der Waals surface area contributed by atoms with Crippen molar-refractivity contribution in [3.8, 4) is 5.75 Å². The molecule has 1 unspecified atom stereocenters. The first-order chi connectivity index (χ1) is 13.0. The van der Waals surface area contributed by atoms with E-state index in [0.717, 1.165) is 0 Å². The first kappa shape index (κ1) is 19.3. The predicted molar refractivity (Wildman–Crippen MR) is 97.4 cm³/mol. The number of morpholine rings is 1. The monoisotopic (exact) mass is 395 g/mol. The van der Waals surface area contributed by atoms with Gasteiger partial charge in [-0.1, -0.05) is 17.7 Å². The van der Waals surface area contributed by atoms with Gasteiger partial charge in [-0.3, -0.25) is 5.32 Å². The average Bonchev–Trinajstić information content (AvgIpc) is 2.69. The molecule has 7 nitrogen and oxygen atoms in total. The van der Waals surface area contributed by atoms with Crippen LogP contribution in [0.2, 0.25) is 5.02 Å². The first-order valence-corrected chi connectivity index (χ1v) is 8.75. The molecule has 0 aliphatic carbocycles. The highest BCUT2D eigenvalue weighted by Gasteiger charge is 2.25. The molecule has 144 valence electrons. The Labute approximate surface area is 160 Å². The van der Waals surface area contributed by atoms with Crippen LogP contribution in [0.5, 0.6) is 5.75 Å². The van der Waals surface area contributed by atoms with E-state index in [1.54, 1.807) is 23.1 Å². The van der Waals surface area contributed by atoms with Crippen molar-refractivity contribution < 1.29 is 23.8 Å². The summed E-state index contributed by atoms with van der Waals surface area (Å²) in [6.45, 7) is 0.998. The third-order valence-electron chi connectivity index (χ3n) is 3.95. The van der Waals surface area contributed by atoms with Gasteiger partial charge in [0.1, 0.15) is 30.1 Å². The summed E-state index contributed by atoms with van der Waals surface area (Å²) in [6, 6.07) is 8.55. The summed E-state index contributed by atoms with van der Waals surface area (Å²) in [6.07, 6.45) is -0.374. The van der Waals surface area contributed by atoms with Crippen LogP contribution in [0.3, 0.4) is 0 Å². The second kappa shape index (κ2) is 8.98. The fourth-order valence-corrected chi connectivity index (χ4v) is 2.77. The number of aliphatic hydroxyl groups excluding tert-OH is 1. The number of hydrogen-bond acceptors (Lipinski definition) is 5. The number of aromatic nitrogens is 1. The topological polar surface area (TPSA) is 83.9 Å². The van der Waals surface area contributed by atoms with Crippen molar-refractivity contribution in [1.29, 1.82) is 0 Å². The van der Waals surface area contributed by atoms with Gasteiger partial charge in [-0.2, -0.15) is 0 Å². The molecule has 0 radical (unpaired) electrons. The van der Waals surface area contributed by atoms with Crippen LogP contribution in [-0.2, 0) is 11.3 Å². The van der Waals surface area contributed by atoms with Gasteiger partial charge in [0, 0.05) is 12.6 Å². The third kappa shape index (κ3) is 5.29. The minimum atomic E-state index is -0.447. The number of amides is 2. The lowest BCUT2D eigenvalue weighted by atomic mass is 10.3. The summed E-state index contributed by atoms with van der Waals surface area (Å²) in [5, 5.41) is 12.1. The molecule has 9 heteroatoms. The van der Waals surface area contributed by atoms with Crippen LogP contribution in [0.4, 0.5) is 15.0 Å². The number of rotatable bonds is 5. The molecular formula is C18H19ClFN3O4. The van der Waals surface area contributed by atoms with Crippen LogP contribution in [0.25, 0.3) is 0 Å². The van der Waals surface area contributed by atoms with Gasteiger partial charge in [-0.25, -0.2) is 14.2 Å². The SMILES string of the molecule is O=C(Nc1cccc(CO)n1)N1CCOC(COc2cc(F)ccc2Cl)C1. The van der Waals surface area contributed by atoms with Crippen molar-refractivity contribution in [3.05, 3.63) is 52.9 Å². The van der Waals surface area contributed by atoms with Crippen LogP contribution in [0, 0.1) is 5.82 Å². The van der Waals surface area contributed by atoms with Crippen LogP contribution in [-0.4, -0.2) is 53.4 Å². The van der Waals surface area contributed by atoms with E-state index in [-0.39, 0.29) is 31.1 Å². The van der Waals surface area contributed by atoms with E-state index >= 15 is 0 Å². The number of pyridine rings is 1. The molecular weight excluding hydrogens is 377 g/mol. The second-order valence-electron chi connectivity index (χ2n) is 5.93. The van der Waals surface area contributed by atoms with E-state index < -0.39 is 5.82 Å². The maximum Gasteiger partial charge on any atom is 0.323 e. The predicted octanol–water partition coefficient (Wildman–Crippen LogP) is 2.68. The molecule has 2 N–H and O–H groups in total. The van der Waals surface area contributed by atoms with E-state index in [0.29, 0.717) is 36.2 Å². The molecule has 3 rings (SSSR count). The van der Waals surface area contributed by atoms with Gasteiger partial charge in [-0.15, -0.1) is 0 Å². The molecule has 1 aliphatic rings. The van der Waals surface area contributed by atoms with E-state index in [1.165, 1.54) is 18.2 Å². The van der Waals surface area contributed by atoms with Gasteiger partial charge in [0.05, 0.1) is 30.5 Å². The van der Waals surface area contributed by atoms with E-state index in [2.05, 4.69) is 10.3 Å². The third-order valence-corrected chi connectivity index (χ3v) is 4.26. The minimum Gasteiger partial charge on any atom is -0.489 e. The molecule has 2 amide bonds. The Morgan fingerprint density at radius 3 is 3.11 bits per heavy atom. The number of ether oxygens (including phenoxy) is 2. The van der Waals surface area contributed by atoms with E-state index in [4.69, 9.17) is 26.2 Å². The average molecular weight is 396 g/mol. The summed E-state index contributed by atoms with van der Waals surface area (Å²) >= 11 is 5.98. The summed E-state index contributed by atoms with van der Waals surface area (Å²) < 4.78 is 24.4. The Balaban J connectivity index is 1.55. The smallest absolute Gasteiger partial charge is 0.323 e. The fraction of sp³-hybridized carbons (Fsp3) is 0.333. The van der Waals surface area contributed by atoms with Crippen molar-refractivity contribution in [2.45, 2.75) is 12.7 Å². The number of benzene rings is 1. The van der Waals surface area contributed by atoms with Crippen LogP contribution in [0.1, 0.15) is 5.69 Å². The number of aliphatic hydroxyl groups is 1. The summed E-state index contributed by atoms with van der Waals surface area (Å²) in [7, 11) is 0. The van der Waals surface area contributed by atoms with Crippen molar-refractivity contribution in [1.82, 2.24) is 9.88 Å². The number of nitrogens with one attached hydrogen (secondary N) is 1. The number of nitrogens with zero attached hydrogens (tertiary/aromatic N) is 2. The summed E-state index contributed by atoms with van der Waals surface area (Å²) in [4.78, 5) is 18.1. The standard InChI is InChI=1S/C18H19ClFN3O4/c19-15-5-4-12(20)8-16(15)27-11-14-9-23(6-7-26-14)18(25)22-17-3-1-2-13(10-24)21-17/h1-5,8,14,24H,6-7,9-11H2,(H,21,22,25). The quantitative estimate of drug-likeness (QED) is 0.813. The Hall–Kier alpha value is -2.42. The molecule has 0 spiro atoms.